The number of esters is 2. The van der Waals surface area contributed by atoms with Crippen molar-refractivity contribution in [1.29, 1.82) is 0 Å². The van der Waals surface area contributed by atoms with Gasteiger partial charge >= 0.3 is 11.9 Å². The van der Waals surface area contributed by atoms with Crippen LogP contribution in [0.2, 0.25) is 0 Å². The van der Waals surface area contributed by atoms with Crippen molar-refractivity contribution in [1.82, 2.24) is 0 Å². The van der Waals surface area contributed by atoms with E-state index in [9.17, 15) is 14.4 Å². The predicted molar refractivity (Wildman–Crippen MR) is 66.1 cm³/mol. The van der Waals surface area contributed by atoms with Gasteiger partial charge in [0, 0.05) is 11.1 Å². The van der Waals surface area contributed by atoms with Gasteiger partial charge in [-0.25, -0.2) is 9.59 Å². The Hall–Kier alpha value is -2.75. The van der Waals surface area contributed by atoms with E-state index in [0.29, 0.717) is 11.1 Å². The lowest BCUT2D eigenvalue weighted by Gasteiger charge is -2.09. The molecule has 0 saturated heterocycles. The Kier molecular flexibility index (Phi) is 2.49. The molecule has 0 amide bonds. The molecule has 4 bridgehead atoms. The van der Waals surface area contributed by atoms with E-state index in [4.69, 9.17) is 4.74 Å². The molecule has 4 nitrogen and oxygen atoms in total. The minimum absolute atomic E-state index is 0.185. The molecule has 0 N–H and O–H groups in total. The molecule has 4 heteroatoms. The van der Waals surface area contributed by atoms with Crippen molar-refractivity contribution >= 4 is 17.7 Å². The molecule has 0 fully saturated rings. The summed E-state index contributed by atoms with van der Waals surface area (Å²) in [5, 5.41) is 0. The maximum absolute atomic E-state index is 12.2. The van der Waals surface area contributed by atoms with Gasteiger partial charge in [-0.3, -0.25) is 4.79 Å². The van der Waals surface area contributed by atoms with E-state index in [1.807, 2.05) is 0 Å². The van der Waals surface area contributed by atoms with E-state index in [0.717, 1.165) is 0 Å². The van der Waals surface area contributed by atoms with Gasteiger partial charge in [-0.15, -0.1) is 0 Å². The van der Waals surface area contributed by atoms with Gasteiger partial charge < -0.3 is 4.74 Å². The van der Waals surface area contributed by atoms with Crippen molar-refractivity contribution in [2.24, 2.45) is 0 Å². The van der Waals surface area contributed by atoms with Crippen molar-refractivity contribution < 1.29 is 19.1 Å². The summed E-state index contributed by atoms with van der Waals surface area (Å²) in [6.07, 6.45) is 0. The number of ether oxygens (including phenoxy) is 1. The van der Waals surface area contributed by atoms with Crippen LogP contribution in [-0.2, 0) is 4.74 Å². The Labute approximate surface area is 108 Å². The lowest BCUT2D eigenvalue weighted by molar-refractivity contribution is 0.0397. The molecule has 0 aliphatic carbocycles. The first-order valence-corrected chi connectivity index (χ1v) is 5.66. The zero-order valence-electron chi connectivity index (χ0n) is 9.75. The summed E-state index contributed by atoms with van der Waals surface area (Å²) in [7, 11) is 0. The van der Waals surface area contributed by atoms with E-state index in [1.54, 1.807) is 24.3 Å². The number of ketones is 1. The van der Waals surface area contributed by atoms with E-state index >= 15 is 0 Å². The van der Waals surface area contributed by atoms with Crippen LogP contribution in [0.4, 0.5) is 0 Å². The molecule has 3 rings (SSSR count). The van der Waals surface area contributed by atoms with Gasteiger partial charge in [0.25, 0.3) is 0 Å². The van der Waals surface area contributed by atoms with Gasteiger partial charge in [-0.05, 0) is 24.3 Å². The Morgan fingerprint density at radius 3 is 1.53 bits per heavy atom. The molecule has 2 aromatic carbocycles. The molecule has 92 valence electrons. The molecule has 0 radical (unpaired) electrons. The number of carbonyl (C=O) groups excluding carboxylic acids is 3. The topological polar surface area (TPSA) is 60.4 Å². The van der Waals surface area contributed by atoms with Gasteiger partial charge in [-0.2, -0.15) is 0 Å². The third-order valence-electron chi connectivity index (χ3n) is 2.91. The number of cyclic esters (lactones) is 2. The average Bonchev–Trinajstić information content (AvgIpc) is 2.46. The Morgan fingerprint density at radius 2 is 1.05 bits per heavy atom. The number of benzene rings is 2. The molecule has 19 heavy (non-hydrogen) atoms. The normalized spacial score (nSPS) is 14.0. The lowest BCUT2D eigenvalue weighted by atomic mass is 9.99. The zero-order valence-corrected chi connectivity index (χ0v) is 9.75. The van der Waals surface area contributed by atoms with Crippen molar-refractivity contribution in [2.75, 3.05) is 0 Å². The molecule has 0 spiro atoms. The second kappa shape index (κ2) is 4.17. The SMILES string of the molecule is O=C1OC(=O)c2cccc(c2)C(=O)c2cccc1c2. The van der Waals surface area contributed by atoms with E-state index < -0.39 is 11.9 Å². The summed E-state index contributed by atoms with van der Waals surface area (Å²) >= 11 is 0. The fourth-order valence-corrected chi connectivity index (χ4v) is 1.94. The fraction of sp³-hybridized carbons (Fsp3) is 0. The summed E-state index contributed by atoms with van der Waals surface area (Å²) in [5.74, 6) is -1.75. The van der Waals surface area contributed by atoms with Crippen LogP contribution in [-0.4, -0.2) is 17.7 Å². The third kappa shape index (κ3) is 1.93. The van der Waals surface area contributed by atoms with Crippen LogP contribution in [0, 0.1) is 0 Å². The Balaban J connectivity index is 2.25. The quantitative estimate of drug-likeness (QED) is 0.533. The summed E-state index contributed by atoms with van der Waals surface area (Å²) < 4.78 is 4.75. The number of rotatable bonds is 0. The minimum Gasteiger partial charge on any atom is -0.386 e. The smallest absolute Gasteiger partial charge is 0.346 e. The van der Waals surface area contributed by atoms with Crippen LogP contribution in [0.25, 0.3) is 0 Å². The summed E-state index contributed by atoms with van der Waals surface area (Å²) in [6, 6.07) is 12.3. The van der Waals surface area contributed by atoms with Crippen LogP contribution < -0.4 is 0 Å². The molecule has 0 saturated carbocycles. The largest absolute Gasteiger partial charge is 0.386 e. The highest BCUT2D eigenvalue weighted by molar-refractivity contribution is 6.12. The molecular weight excluding hydrogens is 244 g/mol. The van der Waals surface area contributed by atoms with E-state index in [-0.39, 0.29) is 16.9 Å². The summed E-state index contributed by atoms with van der Waals surface area (Å²) in [5.41, 5.74) is 1.15. The van der Waals surface area contributed by atoms with Crippen LogP contribution in [0.5, 0.6) is 0 Å². The van der Waals surface area contributed by atoms with Gasteiger partial charge in [0.2, 0.25) is 0 Å². The Morgan fingerprint density at radius 1 is 0.632 bits per heavy atom. The molecule has 0 unspecified atom stereocenters. The van der Waals surface area contributed by atoms with Crippen LogP contribution in [0.3, 0.4) is 0 Å². The van der Waals surface area contributed by atoms with Crippen molar-refractivity contribution in [3.8, 4) is 0 Å². The monoisotopic (exact) mass is 252 g/mol. The van der Waals surface area contributed by atoms with Gasteiger partial charge in [0.1, 0.15) is 0 Å². The van der Waals surface area contributed by atoms with E-state index in [1.165, 1.54) is 24.3 Å². The van der Waals surface area contributed by atoms with Crippen molar-refractivity contribution in [2.45, 2.75) is 0 Å². The molecule has 2 aromatic rings. The fourth-order valence-electron chi connectivity index (χ4n) is 1.94. The van der Waals surface area contributed by atoms with Gasteiger partial charge in [-0.1, -0.05) is 24.3 Å². The standard InChI is InChI=1S/C15H8O4/c16-13-9-3-1-5-11(7-9)14(17)19-15(18)12-6-2-4-10(13)8-12/h1-8H. The van der Waals surface area contributed by atoms with Gasteiger partial charge in [0.05, 0.1) is 11.1 Å². The maximum atomic E-state index is 12.2. The van der Waals surface area contributed by atoms with Crippen LogP contribution >= 0.6 is 0 Å². The first kappa shape index (κ1) is 11.3. The number of hydrogen-bond acceptors (Lipinski definition) is 4. The third-order valence-corrected chi connectivity index (χ3v) is 2.91. The molecular formula is C15H8O4. The highest BCUT2D eigenvalue weighted by atomic mass is 16.6. The molecule has 0 atom stereocenters. The number of carbonyl (C=O) groups is 3. The first-order valence-electron chi connectivity index (χ1n) is 5.66. The Bertz CT molecular complexity index is 656. The summed E-state index contributed by atoms with van der Waals surface area (Å²) in [4.78, 5) is 35.7. The first-order chi connectivity index (χ1) is 9.15. The van der Waals surface area contributed by atoms with Crippen LogP contribution in [0.15, 0.2) is 48.5 Å². The number of fused-ring (bicyclic) bond motifs is 4. The second-order valence-electron chi connectivity index (χ2n) is 4.17. The van der Waals surface area contributed by atoms with E-state index in [2.05, 4.69) is 0 Å². The zero-order chi connectivity index (χ0) is 13.4. The molecule has 1 aliphatic rings. The van der Waals surface area contributed by atoms with Gasteiger partial charge in [0.15, 0.2) is 5.78 Å². The second-order valence-corrected chi connectivity index (χ2v) is 4.17. The predicted octanol–water partition coefficient (Wildman–Crippen LogP) is 2.23. The molecule has 0 aromatic heterocycles. The van der Waals surface area contributed by atoms with Crippen LogP contribution in [0.1, 0.15) is 36.6 Å². The van der Waals surface area contributed by atoms with Crippen molar-refractivity contribution in [3.05, 3.63) is 70.8 Å². The lowest BCUT2D eigenvalue weighted by Crippen LogP contribution is -2.16. The minimum atomic E-state index is -0.757. The molecule has 1 aliphatic heterocycles. The average molecular weight is 252 g/mol. The highest BCUT2D eigenvalue weighted by Gasteiger charge is 2.20. The summed E-state index contributed by atoms with van der Waals surface area (Å²) in [6.45, 7) is 0. The number of hydrogen-bond donors (Lipinski definition) is 0. The van der Waals surface area contributed by atoms with Crippen molar-refractivity contribution in [3.63, 3.8) is 0 Å². The highest BCUT2D eigenvalue weighted by Crippen LogP contribution is 2.17. The maximum Gasteiger partial charge on any atom is 0.346 e. The molecule has 1 heterocycles.